The van der Waals surface area contributed by atoms with Crippen molar-refractivity contribution in [3.8, 4) is 17.0 Å². The van der Waals surface area contributed by atoms with E-state index in [1.54, 1.807) is 37.4 Å². The lowest BCUT2D eigenvalue weighted by atomic mass is 10.1. The number of H-pyrrole nitrogens is 1. The Kier molecular flexibility index (Phi) is 4.66. The van der Waals surface area contributed by atoms with Crippen LogP contribution in [0.4, 0.5) is 0 Å². The van der Waals surface area contributed by atoms with Crippen molar-refractivity contribution in [3.05, 3.63) is 51.2 Å². The highest BCUT2D eigenvalue weighted by Crippen LogP contribution is 2.24. The first kappa shape index (κ1) is 17.5. The van der Waals surface area contributed by atoms with E-state index in [-0.39, 0.29) is 11.2 Å². The number of carboxylic acids is 1. The van der Waals surface area contributed by atoms with Gasteiger partial charge < -0.3 is 14.8 Å². The largest absolute Gasteiger partial charge is 0.482 e. The van der Waals surface area contributed by atoms with E-state index in [4.69, 9.17) is 9.84 Å². The molecule has 8 heteroatoms. The summed E-state index contributed by atoms with van der Waals surface area (Å²) in [6.45, 7) is 1.86. The lowest BCUT2D eigenvalue weighted by molar-refractivity contribution is -0.139. The molecule has 26 heavy (non-hydrogen) atoms. The predicted molar refractivity (Wildman–Crippen MR) is 96.7 cm³/mol. The number of carboxylic acid groups (broad SMARTS) is 1. The highest BCUT2D eigenvalue weighted by atomic mass is 16.5. The molecule has 1 aromatic carbocycles. The molecule has 136 valence electrons. The first-order chi connectivity index (χ1) is 12.4. The summed E-state index contributed by atoms with van der Waals surface area (Å²) in [7, 11) is 1.64. The zero-order valence-electron chi connectivity index (χ0n) is 14.5. The summed E-state index contributed by atoms with van der Waals surface area (Å²) in [6.07, 6.45) is 0.687. The van der Waals surface area contributed by atoms with Crippen LogP contribution in [0.2, 0.25) is 0 Å². The normalized spacial score (nSPS) is 11.0. The molecule has 0 amide bonds. The maximum absolute atomic E-state index is 12.6. The van der Waals surface area contributed by atoms with E-state index in [0.29, 0.717) is 35.4 Å². The molecule has 2 heterocycles. The van der Waals surface area contributed by atoms with Crippen molar-refractivity contribution in [2.24, 2.45) is 7.05 Å². The van der Waals surface area contributed by atoms with Gasteiger partial charge in [0.1, 0.15) is 11.3 Å². The molecular weight excluding hydrogens is 338 g/mol. The Balaban J connectivity index is 2.03. The third kappa shape index (κ3) is 3.13. The second-order valence-electron chi connectivity index (χ2n) is 5.95. The molecule has 3 rings (SSSR count). The lowest BCUT2D eigenvalue weighted by Crippen LogP contribution is -2.38. The summed E-state index contributed by atoms with van der Waals surface area (Å²) in [5.41, 5.74) is 1.71. The molecule has 0 saturated heterocycles. The molecule has 8 nitrogen and oxygen atoms in total. The molecule has 0 unspecified atom stereocenters. The Morgan fingerprint density at radius 3 is 2.54 bits per heavy atom. The van der Waals surface area contributed by atoms with Crippen LogP contribution in [-0.2, 0) is 18.4 Å². The van der Waals surface area contributed by atoms with Crippen molar-refractivity contribution in [3.63, 3.8) is 0 Å². The van der Waals surface area contributed by atoms with Crippen LogP contribution >= 0.6 is 0 Å². The zero-order valence-corrected chi connectivity index (χ0v) is 14.5. The Morgan fingerprint density at radius 1 is 1.23 bits per heavy atom. The Labute approximate surface area is 148 Å². The number of rotatable bonds is 6. The van der Waals surface area contributed by atoms with E-state index in [9.17, 15) is 14.4 Å². The van der Waals surface area contributed by atoms with Gasteiger partial charge in [-0.05, 0) is 42.3 Å². The average Bonchev–Trinajstić information content (AvgIpc) is 3.08. The molecule has 0 fully saturated rings. The van der Waals surface area contributed by atoms with E-state index in [1.165, 1.54) is 9.13 Å². The van der Waals surface area contributed by atoms with E-state index in [2.05, 4.69) is 4.98 Å². The molecular formula is C18H19N3O5. The van der Waals surface area contributed by atoms with Gasteiger partial charge in [0, 0.05) is 19.3 Å². The number of hydrogen-bond donors (Lipinski definition) is 2. The molecule has 0 radical (unpaired) electrons. The monoisotopic (exact) mass is 357 g/mol. The van der Waals surface area contributed by atoms with Crippen LogP contribution in [-0.4, -0.2) is 31.8 Å². The zero-order chi connectivity index (χ0) is 18.8. The Bertz CT molecular complexity index is 1070. The van der Waals surface area contributed by atoms with Gasteiger partial charge in [0.2, 0.25) is 0 Å². The van der Waals surface area contributed by atoms with E-state index >= 15 is 0 Å². The van der Waals surface area contributed by atoms with Crippen molar-refractivity contribution in [1.82, 2.24) is 14.1 Å². The number of fused-ring (bicyclic) bond motifs is 1. The quantitative estimate of drug-likeness (QED) is 0.696. The van der Waals surface area contributed by atoms with Crippen LogP contribution < -0.4 is 16.0 Å². The van der Waals surface area contributed by atoms with Crippen molar-refractivity contribution in [2.75, 3.05) is 6.61 Å². The van der Waals surface area contributed by atoms with Crippen LogP contribution in [0.3, 0.4) is 0 Å². The molecule has 0 saturated carbocycles. The highest BCUT2D eigenvalue weighted by molar-refractivity contribution is 5.82. The van der Waals surface area contributed by atoms with Gasteiger partial charge in [0.05, 0.1) is 5.52 Å². The predicted octanol–water partition coefficient (Wildman–Crippen LogP) is 1.57. The molecule has 0 aliphatic rings. The third-order valence-corrected chi connectivity index (χ3v) is 4.11. The number of ether oxygens (including phenoxy) is 1. The van der Waals surface area contributed by atoms with Gasteiger partial charge in [-0.15, -0.1) is 0 Å². The topological polar surface area (TPSA) is 106 Å². The van der Waals surface area contributed by atoms with E-state index < -0.39 is 12.6 Å². The number of aromatic nitrogens is 3. The first-order valence-electron chi connectivity index (χ1n) is 8.20. The van der Waals surface area contributed by atoms with Gasteiger partial charge in [-0.25, -0.2) is 9.59 Å². The number of aliphatic carboxylic acids is 1. The summed E-state index contributed by atoms with van der Waals surface area (Å²) in [5, 5.41) is 8.63. The van der Waals surface area contributed by atoms with E-state index in [0.717, 1.165) is 5.56 Å². The van der Waals surface area contributed by atoms with E-state index in [1.807, 2.05) is 6.92 Å². The number of aromatic amines is 1. The molecule has 2 aromatic heterocycles. The second kappa shape index (κ2) is 6.91. The van der Waals surface area contributed by atoms with Crippen molar-refractivity contribution < 1.29 is 14.6 Å². The van der Waals surface area contributed by atoms with Gasteiger partial charge in [0.25, 0.3) is 5.56 Å². The summed E-state index contributed by atoms with van der Waals surface area (Å²) < 4.78 is 7.79. The SMILES string of the molecule is CCCn1c(=O)c2[nH]c(-c3ccc(OCC(=O)O)cc3)cc2n(C)c1=O. The second-order valence-corrected chi connectivity index (χ2v) is 5.95. The fraction of sp³-hybridized carbons (Fsp3) is 0.278. The van der Waals surface area contributed by atoms with Crippen molar-refractivity contribution >= 4 is 17.0 Å². The van der Waals surface area contributed by atoms with Gasteiger partial charge in [0.15, 0.2) is 6.61 Å². The van der Waals surface area contributed by atoms with Crippen LogP contribution in [0.5, 0.6) is 5.75 Å². The van der Waals surface area contributed by atoms with Crippen LogP contribution in [0, 0.1) is 0 Å². The Hall–Kier alpha value is -3.29. The minimum atomic E-state index is -1.05. The molecule has 0 atom stereocenters. The number of benzene rings is 1. The smallest absolute Gasteiger partial charge is 0.341 e. The molecule has 3 aromatic rings. The summed E-state index contributed by atoms with van der Waals surface area (Å²) in [5.74, 6) is -0.612. The third-order valence-electron chi connectivity index (χ3n) is 4.11. The minimum absolute atomic E-state index is 0.336. The highest BCUT2D eigenvalue weighted by Gasteiger charge is 2.14. The summed E-state index contributed by atoms with van der Waals surface area (Å²) in [4.78, 5) is 38.6. The van der Waals surface area contributed by atoms with Crippen LogP contribution in [0.15, 0.2) is 39.9 Å². The fourth-order valence-electron chi connectivity index (χ4n) is 2.83. The first-order valence-corrected chi connectivity index (χ1v) is 8.20. The van der Waals surface area contributed by atoms with Crippen molar-refractivity contribution in [2.45, 2.75) is 19.9 Å². The molecule has 0 aliphatic heterocycles. The van der Waals surface area contributed by atoms with Gasteiger partial charge in [-0.3, -0.25) is 13.9 Å². The van der Waals surface area contributed by atoms with Gasteiger partial charge in [-0.1, -0.05) is 6.92 Å². The molecule has 0 bridgehead atoms. The van der Waals surface area contributed by atoms with Gasteiger partial charge in [-0.2, -0.15) is 0 Å². The summed E-state index contributed by atoms with van der Waals surface area (Å²) in [6, 6.07) is 8.56. The van der Waals surface area contributed by atoms with Gasteiger partial charge >= 0.3 is 11.7 Å². The molecule has 0 spiro atoms. The minimum Gasteiger partial charge on any atom is -0.482 e. The standard InChI is InChI=1S/C18H19N3O5/c1-3-8-21-17(24)16-14(20(2)18(21)25)9-13(19-16)11-4-6-12(7-5-11)26-10-15(22)23/h4-7,9,19H,3,8,10H2,1-2H3,(H,22,23). The molecule has 2 N–H and O–H groups in total. The molecule has 0 aliphatic carbocycles. The average molecular weight is 357 g/mol. The Morgan fingerprint density at radius 2 is 1.92 bits per heavy atom. The summed E-state index contributed by atoms with van der Waals surface area (Å²) >= 11 is 0. The lowest BCUT2D eigenvalue weighted by Gasteiger charge is -2.06. The van der Waals surface area contributed by atoms with Crippen LogP contribution in [0.1, 0.15) is 13.3 Å². The maximum atomic E-state index is 12.6. The number of carbonyl (C=O) groups is 1. The maximum Gasteiger partial charge on any atom is 0.341 e. The van der Waals surface area contributed by atoms with Crippen LogP contribution in [0.25, 0.3) is 22.3 Å². The number of hydrogen-bond acceptors (Lipinski definition) is 4. The fourth-order valence-corrected chi connectivity index (χ4v) is 2.83. The number of nitrogens with one attached hydrogen (secondary N) is 1. The number of aryl methyl sites for hydroxylation is 1. The van der Waals surface area contributed by atoms with Crippen molar-refractivity contribution in [1.29, 1.82) is 0 Å². The number of nitrogens with zero attached hydrogens (tertiary/aromatic N) is 2.